The minimum Gasteiger partial charge on any atom is -0.361 e. The molecule has 1 atom stereocenters. The molecule has 5 heteroatoms. The number of imide groups is 1. The van der Waals surface area contributed by atoms with Gasteiger partial charge in [0.05, 0.1) is 17.3 Å². The number of nitrogens with zero attached hydrogens (tertiary/aromatic N) is 1. The van der Waals surface area contributed by atoms with Crippen molar-refractivity contribution in [1.29, 1.82) is 0 Å². The van der Waals surface area contributed by atoms with Gasteiger partial charge >= 0.3 is 0 Å². The molecule has 0 spiro atoms. The van der Waals surface area contributed by atoms with Crippen molar-refractivity contribution in [2.24, 2.45) is 5.73 Å². The van der Waals surface area contributed by atoms with Crippen molar-refractivity contribution in [2.45, 2.75) is 12.6 Å². The summed E-state index contributed by atoms with van der Waals surface area (Å²) < 4.78 is 0. The van der Waals surface area contributed by atoms with Crippen LogP contribution in [0.4, 0.5) is 0 Å². The van der Waals surface area contributed by atoms with Crippen LogP contribution in [0.15, 0.2) is 54.7 Å². The molecule has 0 radical (unpaired) electrons. The van der Waals surface area contributed by atoms with Gasteiger partial charge in [-0.3, -0.25) is 14.5 Å². The van der Waals surface area contributed by atoms with Crippen molar-refractivity contribution in [3.63, 3.8) is 0 Å². The second-order valence-corrected chi connectivity index (χ2v) is 5.66. The largest absolute Gasteiger partial charge is 0.361 e. The van der Waals surface area contributed by atoms with Crippen LogP contribution in [0, 0.1) is 0 Å². The van der Waals surface area contributed by atoms with Crippen molar-refractivity contribution in [2.75, 3.05) is 0 Å². The zero-order valence-electron chi connectivity index (χ0n) is 12.3. The molecular weight excluding hydrogens is 290 g/mol. The number of hydrogen-bond donors (Lipinski definition) is 2. The third-order valence-corrected chi connectivity index (χ3v) is 4.26. The van der Waals surface area contributed by atoms with Gasteiger partial charge in [-0.1, -0.05) is 30.3 Å². The number of nitrogens with two attached hydrogens (primary N) is 1. The smallest absolute Gasteiger partial charge is 0.262 e. The maximum atomic E-state index is 12.5. The van der Waals surface area contributed by atoms with E-state index in [-0.39, 0.29) is 11.8 Å². The number of benzene rings is 2. The number of hydrogen-bond acceptors (Lipinski definition) is 3. The molecule has 2 aromatic carbocycles. The highest BCUT2D eigenvalue weighted by atomic mass is 16.2. The predicted molar refractivity (Wildman–Crippen MR) is 86.9 cm³/mol. The van der Waals surface area contributed by atoms with E-state index in [1.54, 1.807) is 24.3 Å². The van der Waals surface area contributed by atoms with Gasteiger partial charge < -0.3 is 10.7 Å². The molecule has 0 bridgehead atoms. The highest BCUT2D eigenvalue weighted by Gasteiger charge is 2.38. The van der Waals surface area contributed by atoms with Gasteiger partial charge in [0.1, 0.15) is 0 Å². The van der Waals surface area contributed by atoms with E-state index in [1.165, 1.54) is 0 Å². The van der Waals surface area contributed by atoms with Crippen LogP contribution in [0.1, 0.15) is 26.3 Å². The first kappa shape index (κ1) is 13.7. The average molecular weight is 305 g/mol. The maximum absolute atomic E-state index is 12.5. The molecule has 0 aliphatic carbocycles. The Kier molecular flexibility index (Phi) is 3.02. The molecule has 0 unspecified atom stereocenters. The van der Waals surface area contributed by atoms with Gasteiger partial charge in [0, 0.05) is 23.5 Å². The van der Waals surface area contributed by atoms with Gasteiger partial charge in [-0.05, 0) is 23.8 Å². The molecule has 2 amide bonds. The van der Waals surface area contributed by atoms with E-state index < -0.39 is 6.17 Å². The molecule has 0 saturated carbocycles. The summed E-state index contributed by atoms with van der Waals surface area (Å²) in [6.45, 7) is 0. The highest BCUT2D eigenvalue weighted by molar-refractivity contribution is 6.21. The number of nitrogens with one attached hydrogen (secondary N) is 1. The Morgan fingerprint density at radius 2 is 1.57 bits per heavy atom. The maximum Gasteiger partial charge on any atom is 0.262 e. The fourth-order valence-electron chi connectivity index (χ4n) is 3.13. The Morgan fingerprint density at radius 1 is 0.957 bits per heavy atom. The van der Waals surface area contributed by atoms with Crippen molar-refractivity contribution in [1.82, 2.24) is 9.88 Å². The first-order valence-corrected chi connectivity index (χ1v) is 7.44. The lowest BCUT2D eigenvalue weighted by Crippen LogP contribution is -2.46. The number of H-pyrrole nitrogens is 1. The summed E-state index contributed by atoms with van der Waals surface area (Å²) in [6, 6.07) is 14.7. The SMILES string of the molecule is N[C@H](Cc1c[nH]c2ccccc12)N1C(=O)c2ccccc2C1=O. The number of rotatable bonds is 3. The van der Waals surface area contributed by atoms with Gasteiger partial charge in [-0.15, -0.1) is 0 Å². The Labute approximate surface area is 132 Å². The molecule has 5 nitrogen and oxygen atoms in total. The number of aromatic nitrogens is 1. The zero-order valence-corrected chi connectivity index (χ0v) is 12.3. The van der Waals surface area contributed by atoms with Gasteiger partial charge in [0.25, 0.3) is 11.8 Å². The minimum absolute atomic E-state index is 0.321. The molecule has 2 heterocycles. The summed E-state index contributed by atoms with van der Waals surface area (Å²) >= 11 is 0. The first-order chi connectivity index (χ1) is 11.2. The quantitative estimate of drug-likeness (QED) is 0.729. The van der Waals surface area contributed by atoms with Crippen LogP contribution in [0.25, 0.3) is 10.9 Å². The van der Waals surface area contributed by atoms with Crippen LogP contribution >= 0.6 is 0 Å². The van der Waals surface area contributed by atoms with E-state index in [2.05, 4.69) is 4.98 Å². The predicted octanol–water partition coefficient (Wildman–Crippen LogP) is 2.29. The topological polar surface area (TPSA) is 79.2 Å². The molecule has 23 heavy (non-hydrogen) atoms. The van der Waals surface area contributed by atoms with Gasteiger partial charge in [0.2, 0.25) is 0 Å². The number of carbonyl (C=O) groups excluding carboxylic acids is 2. The highest BCUT2D eigenvalue weighted by Crippen LogP contribution is 2.26. The van der Waals surface area contributed by atoms with Crippen molar-refractivity contribution >= 4 is 22.7 Å². The second kappa shape index (κ2) is 5.07. The molecule has 1 aliphatic heterocycles. The lowest BCUT2D eigenvalue weighted by atomic mass is 10.1. The second-order valence-electron chi connectivity index (χ2n) is 5.66. The molecule has 4 rings (SSSR count). The average Bonchev–Trinajstić information content (AvgIpc) is 3.08. The van der Waals surface area contributed by atoms with Crippen LogP contribution in [-0.2, 0) is 6.42 Å². The Balaban J connectivity index is 1.64. The Hall–Kier alpha value is -2.92. The van der Waals surface area contributed by atoms with Crippen molar-refractivity contribution in [3.05, 3.63) is 71.4 Å². The number of carbonyl (C=O) groups is 2. The van der Waals surface area contributed by atoms with Crippen LogP contribution in [0.2, 0.25) is 0 Å². The molecule has 1 aliphatic rings. The summed E-state index contributed by atoms with van der Waals surface area (Å²) in [4.78, 5) is 29.3. The summed E-state index contributed by atoms with van der Waals surface area (Å²) in [5.74, 6) is -0.643. The fraction of sp³-hybridized carbons (Fsp3) is 0.111. The van der Waals surface area contributed by atoms with E-state index in [9.17, 15) is 9.59 Å². The lowest BCUT2D eigenvalue weighted by Gasteiger charge is -2.22. The number of amides is 2. The molecule has 114 valence electrons. The normalized spacial score (nSPS) is 15.3. The van der Waals surface area contributed by atoms with Crippen LogP contribution in [0.3, 0.4) is 0 Å². The molecule has 0 fully saturated rings. The molecule has 3 N–H and O–H groups in total. The minimum atomic E-state index is -0.693. The molecule has 0 saturated heterocycles. The van der Waals surface area contributed by atoms with Crippen LogP contribution in [-0.4, -0.2) is 27.9 Å². The van der Waals surface area contributed by atoms with Gasteiger partial charge in [0.15, 0.2) is 0 Å². The van der Waals surface area contributed by atoms with E-state index in [0.717, 1.165) is 21.4 Å². The van der Waals surface area contributed by atoms with E-state index in [1.807, 2.05) is 30.5 Å². The Morgan fingerprint density at radius 3 is 2.26 bits per heavy atom. The van der Waals surface area contributed by atoms with E-state index >= 15 is 0 Å². The first-order valence-electron chi connectivity index (χ1n) is 7.44. The summed E-state index contributed by atoms with van der Waals surface area (Å²) in [6.07, 6.45) is 1.60. The third kappa shape index (κ3) is 2.05. The number of aromatic amines is 1. The summed E-state index contributed by atoms with van der Waals surface area (Å²) in [7, 11) is 0. The standard InChI is InChI=1S/C18H15N3O2/c19-16(9-11-10-20-15-8-4-3-5-12(11)15)21-17(22)13-6-1-2-7-14(13)18(21)23/h1-8,10,16,20H,9,19H2/t16-/m0/s1. The molecular formula is C18H15N3O2. The molecule has 3 aromatic rings. The van der Waals surface area contributed by atoms with Crippen LogP contribution in [0.5, 0.6) is 0 Å². The molecule has 1 aromatic heterocycles. The monoisotopic (exact) mass is 305 g/mol. The fourth-order valence-corrected chi connectivity index (χ4v) is 3.13. The zero-order chi connectivity index (χ0) is 16.0. The summed E-state index contributed by atoms with van der Waals surface area (Å²) in [5.41, 5.74) is 9.04. The lowest BCUT2D eigenvalue weighted by molar-refractivity contribution is 0.0588. The van der Waals surface area contributed by atoms with Crippen molar-refractivity contribution < 1.29 is 9.59 Å². The van der Waals surface area contributed by atoms with Crippen LogP contribution < -0.4 is 5.73 Å². The van der Waals surface area contributed by atoms with Gasteiger partial charge in [-0.25, -0.2) is 0 Å². The van der Waals surface area contributed by atoms with Gasteiger partial charge in [-0.2, -0.15) is 0 Å². The third-order valence-electron chi connectivity index (χ3n) is 4.26. The summed E-state index contributed by atoms with van der Waals surface area (Å²) in [5, 5.41) is 1.06. The van der Waals surface area contributed by atoms with E-state index in [0.29, 0.717) is 17.5 Å². The number of para-hydroxylation sites is 1. The van der Waals surface area contributed by atoms with E-state index in [4.69, 9.17) is 5.73 Å². The number of fused-ring (bicyclic) bond motifs is 2. The van der Waals surface area contributed by atoms with Crippen molar-refractivity contribution in [3.8, 4) is 0 Å². The Bertz CT molecular complexity index is 894.